The third kappa shape index (κ3) is 2.73. The van der Waals surface area contributed by atoms with Crippen LogP contribution in [0.2, 0.25) is 0 Å². The molecule has 1 aromatic heterocycles. The maximum atomic E-state index is 12.9. The summed E-state index contributed by atoms with van der Waals surface area (Å²) in [6.45, 7) is 4.66. The molecule has 26 heavy (non-hydrogen) atoms. The van der Waals surface area contributed by atoms with Crippen LogP contribution in [-0.4, -0.2) is 95.1 Å². The minimum Gasteiger partial charge on any atom is -0.383 e. The highest BCUT2D eigenvalue weighted by atomic mass is 32.1. The van der Waals surface area contributed by atoms with Crippen LogP contribution in [0.5, 0.6) is 0 Å². The van der Waals surface area contributed by atoms with Crippen molar-refractivity contribution in [2.75, 3.05) is 53.5 Å². The van der Waals surface area contributed by atoms with Crippen LogP contribution >= 0.6 is 11.5 Å². The summed E-state index contributed by atoms with van der Waals surface area (Å²) in [6.07, 6.45) is 1.66. The Bertz CT molecular complexity index is 674. The molecule has 2 unspecified atom stereocenters. The van der Waals surface area contributed by atoms with Gasteiger partial charge in [-0.2, -0.15) is 0 Å². The fourth-order valence-corrected chi connectivity index (χ4v) is 5.45. The number of hydrogen-bond acceptors (Lipinski definition) is 7. The minimum atomic E-state index is -0.124. The second-order valence-electron chi connectivity index (χ2n) is 7.55. The van der Waals surface area contributed by atoms with Gasteiger partial charge in [0.1, 0.15) is 0 Å². The van der Waals surface area contributed by atoms with Gasteiger partial charge in [0.25, 0.3) is 5.91 Å². The van der Waals surface area contributed by atoms with Crippen LogP contribution in [0, 0.1) is 11.8 Å². The molecule has 0 N–H and O–H groups in total. The minimum absolute atomic E-state index is 0.0507. The van der Waals surface area contributed by atoms with E-state index < -0.39 is 0 Å². The van der Waals surface area contributed by atoms with Gasteiger partial charge >= 0.3 is 0 Å². The molecular weight excluding hydrogens is 354 g/mol. The number of ether oxygens (including phenoxy) is 1. The Morgan fingerprint density at radius 3 is 2.81 bits per heavy atom. The van der Waals surface area contributed by atoms with Gasteiger partial charge in [0.15, 0.2) is 5.69 Å². The van der Waals surface area contributed by atoms with Crippen LogP contribution in [0.3, 0.4) is 0 Å². The zero-order chi connectivity index (χ0) is 18.3. The Balaban J connectivity index is 1.46. The van der Waals surface area contributed by atoms with Crippen LogP contribution in [0.25, 0.3) is 0 Å². The van der Waals surface area contributed by atoms with Gasteiger partial charge in [-0.25, -0.2) is 0 Å². The van der Waals surface area contributed by atoms with Gasteiger partial charge in [0, 0.05) is 58.2 Å². The van der Waals surface area contributed by atoms with Crippen LogP contribution < -0.4 is 0 Å². The summed E-state index contributed by atoms with van der Waals surface area (Å²) in [7, 11) is 3.66. The molecule has 0 aromatic carbocycles. The van der Waals surface area contributed by atoms with E-state index in [0.29, 0.717) is 31.3 Å². The average molecular weight is 379 g/mol. The lowest BCUT2D eigenvalue weighted by Gasteiger charge is -2.46. The fourth-order valence-electron chi connectivity index (χ4n) is 5.02. The SMILES string of the molecule is COCCN1CC2C(=O)N(C)C3(CCN(C(=O)c4csnn4)CC3)C2C1. The molecule has 9 heteroatoms. The quantitative estimate of drug-likeness (QED) is 0.743. The molecule has 0 bridgehead atoms. The van der Waals surface area contributed by atoms with Crippen LogP contribution in [-0.2, 0) is 9.53 Å². The molecule has 1 aromatic rings. The second kappa shape index (κ2) is 6.86. The van der Waals surface area contributed by atoms with Crippen molar-refractivity contribution < 1.29 is 14.3 Å². The molecule has 0 radical (unpaired) electrons. The van der Waals surface area contributed by atoms with Crippen LogP contribution in [0.15, 0.2) is 5.38 Å². The van der Waals surface area contributed by atoms with Crippen molar-refractivity contribution in [2.45, 2.75) is 18.4 Å². The van der Waals surface area contributed by atoms with E-state index >= 15 is 0 Å². The summed E-state index contributed by atoms with van der Waals surface area (Å²) in [6, 6.07) is 0. The first-order valence-corrected chi connectivity index (χ1v) is 9.96. The van der Waals surface area contributed by atoms with Crippen molar-refractivity contribution in [3.8, 4) is 0 Å². The maximum Gasteiger partial charge on any atom is 0.275 e. The summed E-state index contributed by atoms with van der Waals surface area (Å²) in [5.74, 6) is 0.639. The normalized spacial score (nSPS) is 28.2. The lowest BCUT2D eigenvalue weighted by molar-refractivity contribution is -0.133. The second-order valence-corrected chi connectivity index (χ2v) is 8.16. The summed E-state index contributed by atoms with van der Waals surface area (Å²) in [5.41, 5.74) is 0.298. The first kappa shape index (κ1) is 17.8. The van der Waals surface area contributed by atoms with Crippen molar-refractivity contribution in [2.24, 2.45) is 11.8 Å². The predicted octanol–water partition coefficient (Wildman–Crippen LogP) is 0.179. The molecule has 142 valence electrons. The Kier molecular flexibility index (Phi) is 4.70. The number of methoxy groups -OCH3 is 1. The van der Waals surface area contributed by atoms with Crippen molar-refractivity contribution >= 4 is 23.3 Å². The van der Waals surface area contributed by atoms with Crippen LogP contribution in [0.1, 0.15) is 23.3 Å². The third-order valence-corrected chi connectivity index (χ3v) is 7.01. The van der Waals surface area contributed by atoms with Crippen molar-refractivity contribution in [3.05, 3.63) is 11.1 Å². The molecular formula is C17H25N5O3S. The molecule has 1 spiro atoms. The highest BCUT2D eigenvalue weighted by Crippen LogP contribution is 2.48. The van der Waals surface area contributed by atoms with Crippen LogP contribution in [0.4, 0.5) is 0 Å². The van der Waals surface area contributed by atoms with E-state index in [1.54, 1.807) is 12.5 Å². The van der Waals surface area contributed by atoms with Gasteiger partial charge in [-0.15, -0.1) is 5.10 Å². The monoisotopic (exact) mass is 379 g/mol. The number of fused-ring (bicyclic) bond motifs is 2. The zero-order valence-corrected chi connectivity index (χ0v) is 16.1. The van der Waals surface area contributed by atoms with E-state index in [0.717, 1.165) is 32.5 Å². The summed E-state index contributed by atoms with van der Waals surface area (Å²) >= 11 is 1.19. The maximum absolute atomic E-state index is 12.9. The molecule has 3 fully saturated rings. The number of rotatable bonds is 4. The number of carbonyl (C=O) groups is 2. The first-order chi connectivity index (χ1) is 12.6. The number of carbonyl (C=O) groups excluding carboxylic acids is 2. The van der Waals surface area contributed by atoms with Gasteiger partial charge in [-0.1, -0.05) is 4.49 Å². The first-order valence-electron chi connectivity index (χ1n) is 9.12. The van der Waals surface area contributed by atoms with Gasteiger partial charge in [0.05, 0.1) is 18.1 Å². The molecule has 2 amide bonds. The van der Waals surface area contributed by atoms with E-state index in [1.807, 2.05) is 16.8 Å². The van der Waals surface area contributed by atoms with Crippen molar-refractivity contribution in [1.29, 1.82) is 0 Å². The highest BCUT2D eigenvalue weighted by Gasteiger charge is 2.60. The summed E-state index contributed by atoms with van der Waals surface area (Å²) in [5, 5.41) is 5.59. The number of amides is 2. The molecule has 0 aliphatic carbocycles. The zero-order valence-electron chi connectivity index (χ0n) is 15.3. The molecule has 3 aliphatic rings. The lowest BCUT2D eigenvalue weighted by Crippen LogP contribution is -2.56. The number of piperidine rings is 1. The molecule has 4 heterocycles. The molecule has 3 saturated heterocycles. The van der Waals surface area contributed by atoms with Gasteiger partial charge in [-0.05, 0) is 24.4 Å². The van der Waals surface area contributed by atoms with E-state index in [2.05, 4.69) is 14.5 Å². The molecule has 2 atom stereocenters. The number of nitrogens with zero attached hydrogens (tertiary/aromatic N) is 5. The number of aromatic nitrogens is 2. The predicted molar refractivity (Wildman–Crippen MR) is 95.8 cm³/mol. The van der Waals surface area contributed by atoms with Gasteiger partial charge in [0.2, 0.25) is 5.91 Å². The lowest BCUT2D eigenvalue weighted by atomic mass is 9.75. The molecule has 3 aliphatic heterocycles. The fraction of sp³-hybridized carbons (Fsp3) is 0.765. The Hall–Kier alpha value is -1.58. The molecule has 8 nitrogen and oxygen atoms in total. The van der Waals surface area contributed by atoms with E-state index in [1.165, 1.54) is 11.5 Å². The van der Waals surface area contributed by atoms with E-state index in [-0.39, 0.29) is 23.3 Å². The average Bonchev–Trinajstić information content (AvgIpc) is 3.37. The molecule has 0 saturated carbocycles. The number of likely N-dealkylation sites (tertiary alicyclic amines) is 3. The topological polar surface area (TPSA) is 78.9 Å². The largest absolute Gasteiger partial charge is 0.383 e. The Morgan fingerprint density at radius 2 is 2.15 bits per heavy atom. The van der Waals surface area contributed by atoms with E-state index in [4.69, 9.17) is 4.74 Å². The summed E-state index contributed by atoms with van der Waals surface area (Å²) in [4.78, 5) is 31.6. The number of hydrogen-bond donors (Lipinski definition) is 0. The van der Waals surface area contributed by atoms with Gasteiger partial charge in [-0.3, -0.25) is 14.5 Å². The Morgan fingerprint density at radius 1 is 1.38 bits per heavy atom. The van der Waals surface area contributed by atoms with E-state index in [9.17, 15) is 9.59 Å². The van der Waals surface area contributed by atoms with Crippen molar-refractivity contribution in [1.82, 2.24) is 24.3 Å². The smallest absolute Gasteiger partial charge is 0.275 e. The van der Waals surface area contributed by atoms with Gasteiger partial charge < -0.3 is 14.5 Å². The third-order valence-electron chi connectivity index (χ3n) is 6.51. The standard InChI is InChI=1S/C17H25N5O3S/c1-20-15(23)12-9-21(7-8-25-2)10-13(12)17(20)3-5-22(6-4-17)16(24)14-11-26-19-18-14/h11-13H,3-10H2,1-2H3. The Labute approximate surface area is 157 Å². The van der Waals surface area contributed by atoms with Crippen molar-refractivity contribution in [3.63, 3.8) is 0 Å². The highest BCUT2D eigenvalue weighted by molar-refractivity contribution is 7.03. The summed E-state index contributed by atoms with van der Waals surface area (Å²) < 4.78 is 8.98. The molecule has 4 rings (SSSR count).